The van der Waals surface area contributed by atoms with Crippen molar-refractivity contribution in [1.82, 2.24) is 0 Å². The Morgan fingerprint density at radius 3 is 2.47 bits per heavy atom. The maximum absolute atomic E-state index is 12.8. The van der Waals surface area contributed by atoms with Gasteiger partial charge in [0, 0.05) is 28.0 Å². The average molecular weight is 494 g/mol. The summed E-state index contributed by atoms with van der Waals surface area (Å²) in [5.41, 5.74) is 7.54. The van der Waals surface area contributed by atoms with Crippen molar-refractivity contribution in [3.63, 3.8) is 0 Å². The van der Waals surface area contributed by atoms with Crippen molar-refractivity contribution in [2.45, 2.75) is 65.0 Å². The molecule has 1 N–H and O–H groups in total. The minimum atomic E-state index is -0.376. The number of Topliss-reactive ketones (excluding diaryl/α,β-unsaturated/α-hetero) is 1. The number of ketones is 1. The van der Waals surface area contributed by atoms with Crippen LogP contribution >= 0.6 is 24.2 Å². The Kier molecular flexibility index (Phi) is 10.6. The fourth-order valence-corrected chi connectivity index (χ4v) is 4.68. The Balaban J connectivity index is 2.11. The van der Waals surface area contributed by atoms with Crippen LogP contribution in [0.4, 0.5) is 0 Å². The van der Waals surface area contributed by atoms with Crippen LogP contribution in [0, 0.1) is 19.3 Å². The molecule has 0 aliphatic heterocycles. The molecule has 2 aromatic rings. The lowest BCUT2D eigenvalue weighted by atomic mass is 9.87. The fourth-order valence-electron chi connectivity index (χ4n) is 4.09. The molecule has 0 aliphatic rings. The second-order valence-corrected chi connectivity index (χ2v) is 10.6. The zero-order valence-electron chi connectivity index (χ0n) is 20.9. The smallest absolute Gasteiger partial charge is 0.163 e. The molecule has 0 spiro atoms. The predicted octanol–water partition coefficient (Wildman–Crippen LogP) is 9.10. The molecule has 0 radical (unpaired) electrons. The van der Waals surface area contributed by atoms with E-state index >= 15 is 0 Å². The molecule has 180 valence electrons. The van der Waals surface area contributed by atoms with E-state index in [1.54, 1.807) is 6.08 Å². The molecule has 1 atom stereocenters. The molecule has 0 aromatic heterocycles. The van der Waals surface area contributed by atoms with Crippen LogP contribution in [0.2, 0.25) is 5.02 Å². The third-order valence-electron chi connectivity index (χ3n) is 6.01. The van der Waals surface area contributed by atoms with Gasteiger partial charge in [-0.2, -0.15) is 12.6 Å². The Labute approximate surface area is 215 Å². The van der Waals surface area contributed by atoms with Crippen LogP contribution in [0.1, 0.15) is 79.1 Å². The van der Waals surface area contributed by atoms with E-state index in [-0.39, 0.29) is 10.5 Å². The highest BCUT2D eigenvalue weighted by Gasteiger charge is 2.25. The molecule has 0 heterocycles. The van der Waals surface area contributed by atoms with Crippen molar-refractivity contribution in [2.24, 2.45) is 0 Å². The number of halogens is 1. The van der Waals surface area contributed by atoms with E-state index in [1.165, 1.54) is 17.4 Å². The van der Waals surface area contributed by atoms with E-state index in [9.17, 15) is 4.79 Å². The van der Waals surface area contributed by atoms with Crippen molar-refractivity contribution in [1.29, 1.82) is 5.41 Å². The number of hydrogen-bond acceptors (Lipinski definition) is 3. The largest absolute Gasteiger partial charge is 0.309 e. The van der Waals surface area contributed by atoms with Gasteiger partial charge in [-0.15, -0.1) is 0 Å². The lowest BCUT2D eigenvalue weighted by Gasteiger charge is -2.27. The molecule has 2 nitrogen and oxygen atoms in total. The first-order valence-corrected chi connectivity index (χ1v) is 12.5. The fraction of sp³-hybridized carbons (Fsp3) is 0.333. The Morgan fingerprint density at radius 1 is 1.12 bits per heavy atom. The van der Waals surface area contributed by atoms with Crippen molar-refractivity contribution >= 4 is 41.8 Å². The summed E-state index contributed by atoms with van der Waals surface area (Å²) >= 11 is 11.3. The van der Waals surface area contributed by atoms with Crippen LogP contribution in [0.5, 0.6) is 0 Å². The van der Waals surface area contributed by atoms with Crippen LogP contribution in [-0.2, 0) is 4.75 Å². The van der Waals surface area contributed by atoms with Crippen LogP contribution in [-0.4, -0.2) is 12.0 Å². The first-order chi connectivity index (χ1) is 16.1. The van der Waals surface area contributed by atoms with E-state index in [0.29, 0.717) is 6.42 Å². The van der Waals surface area contributed by atoms with Crippen LogP contribution < -0.4 is 0 Å². The first kappa shape index (κ1) is 27.9. The number of allylic oxidation sites excluding steroid dienone is 6. The number of thiol groups is 1. The van der Waals surface area contributed by atoms with E-state index in [0.717, 1.165) is 52.1 Å². The third kappa shape index (κ3) is 8.14. The highest BCUT2D eigenvalue weighted by molar-refractivity contribution is 7.81. The van der Waals surface area contributed by atoms with E-state index < -0.39 is 0 Å². The SMILES string of the molecule is CC=C(CC(C)(S)c1cc(C)cc(Cl)c1)c1ccc(C(=O)CCCC(C)=CC=CC=N)c(C)c1. The summed E-state index contributed by atoms with van der Waals surface area (Å²) < 4.78 is -0.376. The maximum Gasteiger partial charge on any atom is 0.163 e. The summed E-state index contributed by atoms with van der Waals surface area (Å²) in [7, 11) is 0. The molecular formula is C30H36ClNOS. The molecule has 4 heteroatoms. The summed E-state index contributed by atoms with van der Waals surface area (Å²) in [6, 6.07) is 12.2. The second-order valence-electron chi connectivity index (χ2n) is 9.15. The highest BCUT2D eigenvalue weighted by Crippen LogP contribution is 2.39. The van der Waals surface area contributed by atoms with Crippen molar-refractivity contribution in [2.75, 3.05) is 0 Å². The van der Waals surface area contributed by atoms with Gasteiger partial charge in [0.2, 0.25) is 0 Å². The minimum absolute atomic E-state index is 0.183. The normalized spacial score (nSPS) is 14.3. The molecule has 1 unspecified atom stereocenters. The Hall–Kier alpha value is -2.36. The maximum atomic E-state index is 12.8. The summed E-state index contributed by atoms with van der Waals surface area (Å²) in [6.07, 6.45) is 11.9. The van der Waals surface area contributed by atoms with Gasteiger partial charge in [0.25, 0.3) is 0 Å². The number of nitrogens with one attached hydrogen (secondary N) is 1. The van der Waals surface area contributed by atoms with Gasteiger partial charge >= 0.3 is 0 Å². The molecule has 0 saturated heterocycles. The molecule has 0 fully saturated rings. The van der Waals surface area contributed by atoms with E-state index in [2.05, 4.69) is 38.1 Å². The standard InChI is InChI=1S/C30H36ClNOS/c1-6-24(20-30(5,34)26-16-22(3)17-27(31)19-26)25-13-14-28(23(4)18-25)29(33)12-9-11-21(2)10-7-8-15-32/h6-8,10,13-19,32,34H,9,11-12,20H2,1-5H3. The average Bonchev–Trinajstić information content (AvgIpc) is 2.76. The van der Waals surface area contributed by atoms with Gasteiger partial charge < -0.3 is 5.41 Å². The van der Waals surface area contributed by atoms with Gasteiger partial charge in [0.15, 0.2) is 5.78 Å². The van der Waals surface area contributed by atoms with Gasteiger partial charge in [-0.05, 0) is 99.9 Å². The first-order valence-electron chi connectivity index (χ1n) is 11.7. The molecular weight excluding hydrogens is 458 g/mol. The van der Waals surface area contributed by atoms with Crippen molar-refractivity contribution in [3.8, 4) is 0 Å². The zero-order valence-corrected chi connectivity index (χ0v) is 22.6. The molecule has 2 rings (SSSR count). The highest BCUT2D eigenvalue weighted by atomic mass is 35.5. The van der Waals surface area contributed by atoms with Crippen molar-refractivity contribution in [3.05, 3.63) is 99.1 Å². The quantitative estimate of drug-likeness (QED) is 0.139. The second kappa shape index (κ2) is 12.9. The Morgan fingerprint density at radius 2 is 1.85 bits per heavy atom. The number of rotatable bonds is 11. The van der Waals surface area contributed by atoms with Gasteiger partial charge in [-0.1, -0.05) is 59.7 Å². The molecule has 0 saturated carbocycles. The number of carbonyl (C=O) groups is 1. The third-order valence-corrected chi connectivity index (χ3v) is 6.64. The number of aryl methyl sites for hydroxylation is 2. The molecule has 2 aromatic carbocycles. The molecule has 0 amide bonds. The van der Waals surface area contributed by atoms with Crippen LogP contribution in [0.3, 0.4) is 0 Å². The van der Waals surface area contributed by atoms with Crippen LogP contribution in [0.25, 0.3) is 5.57 Å². The summed E-state index contributed by atoms with van der Waals surface area (Å²) in [6.45, 7) is 10.3. The predicted molar refractivity (Wildman–Crippen MR) is 152 cm³/mol. The van der Waals surface area contributed by atoms with E-state index in [1.807, 2.05) is 51.1 Å². The molecule has 34 heavy (non-hydrogen) atoms. The monoisotopic (exact) mass is 493 g/mol. The lowest BCUT2D eigenvalue weighted by molar-refractivity contribution is 0.0979. The topological polar surface area (TPSA) is 40.9 Å². The molecule has 0 aliphatic carbocycles. The summed E-state index contributed by atoms with van der Waals surface area (Å²) in [4.78, 5) is 12.8. The summed E-state index contributed by atoms with van der Waals surface area (Å²) in [5, 5.41) is 7.74. The van der Waals surface area contributed by atoms with E-state index in [4.69, 9.17) is 29.6 Å². The lowest BCUT2D eigenvalue weighted by Crippen LogP contribution is -2.15. The number of carbonyl (C=O) groups excluding carboxylic acids is 1. The summed E-state index contributed by atoms with van der Waals surface area (Å²) in [5.74, 6) is 0.183. The van der Waals surface area contributed by atoms with Gasteiger partial charge in [0.1, 0.15) is 0 Å². The number of benzene rings is 2. The zero-order chi connectivity index (χ0) is 25.3. The Bertz CT molecular complexity index is 1100. The van der Waals surface area contributed by atoms with Crippen LogP contribution in [0.15, 0.2) is 66.3 Å². The van der Waals surface area contributed by atoms with Gasteiger partial charge in [0.05, 0.1) is 0 Å². The van der Waals surface area contributed by atoms with Gasteiger partial charge in [-0.3, -0.25) is 4.79 Å². The minimum Gasteiger partial charge on any atom is -0.309 e. The molecule has 0 bridgehead atoms. The van der Waals surface area contributed by atoms with Gasteiger partial charge in [-0.25, -0.2) is 0 Å². The number of hydrogen-bond donors (Lipinski definition) is 2. The van der Waals surface area contributed by atoms with Crippen molar-refractivity contribution < 1.29 is 4.79 Å².